The van der Waals surface area contributed by atoms with E-state index >= 15 is 0 Å². The standard InChI is InChI=1S/C23H22F2N2O6S/c1-31-13-15-4-3-5-16(10-15)20(28)26-8-9-27-21(29)19(34-23(27)30)12-14-6-7-17(33-22(24)25)18(11-14)32-2/h3-7,10-12,22H,8-9,13H2,1-2H3,(H,26,28)/b19-12-. The van der Waals surface area contributed by atoms with Gasteiger partial charge in [-0.2, -0.15) is 8.78 Å². The summed E-state index contributed by atoms with van der Waals surface area (Å²) in [5, 5.41) is 2.22. The van der Waals surface area contributed by atoms with Gasteiger partial charge in [0.15, 0.2) is 11.5 Å². The van der Waals surface area contributed by atoms with Gasteiger partial charge in [0.25, 0.3) is 17.1 Å². The van der Waals surface area contributed by atoms with Crippen molar-refractivity contribution in [3.8, 4) is 11.5 Å². The highest BCUT2D eigenvalue weighted by molar-refractivity contribution is 8.18. The van der Waals surface area contributed by atoms with Crippen LogP contribution in [0.1, 0.15) is 21.5 Å². The third-order valence-corrected chi connectivity index (χ3v) is 5.60. The minimum Gasteiger partial charge on any atom is -0.493 e. The first-order valence-electron chi connectivity index (χ1n) is 10.1. The van der Waals surface area contributed by atoms with Crippen LogP contribution in [0.3, 0.4) is 0 Å². The number of rotatable bonds is 10. The van der Waals surface area contributed by atoms with Crippen molar-refractivity contribution in [2.75, 3.05) is 27.3 Å². The molecule has 0 unspecified atom stereocenters. The van der Waals surface area contributed by atoms with Gasteiger partial charge in [0.2, 0.25) is 0 Å². The van der Waals surface area contributed by atoms with Crippen LogP contribution in [-0.4, -0.2) is 55.9 Å². The van der Waals surface area contributed by atoms with Crippen LogP contribution in [0, 0.1) is 0 Å². The second kappa shape index (κ2) is 11.6. The Bertz CT molecular complexity index is 1110. The van der Waals surface area contributed by atoms with Gasteiger partial charge in [0.1, 0.15) is 0 Å². The molecule has 1 aliphatic heterocycles. The number of carbonyl (C=O) groups excluding carboxylic acids is 3. The lowest BCUT2D eigenvalue weighted by Gasteiger charge is -2.13. The molecular weight excluding hydrogens is 470 g/mol. The number of hydrogen-bond acceptors (Lipinski definition) is 7. The van der Waals surface area contributed by atoms with Crippen molar-refractivity contribution in [2.45, 2.75) is 13.2 Å². The predicted octanol–water partition coefficient (Wildman–Crippen LogP) is 3.91. The van der Waals surface area contributed by atoms with E-state index in [2.05, 4.69) is 10.1 Å². The van der Waals surface area contributed by atoms with Crippen LogP contribution in [0.15, 0.2) is 47.4 Å². The molecule has 0 saturated carbocycles. The molecule has 1 fully saturated rings. The first-order valence-corrected chi connectivity index (χ1v) is 10.9. The maximum atomic E-state index is 12.7. The summed E-state index contributed by atoms with van der Waals surface area (Å²) in [4.78, 5) is 38.6. The Labute approximate surface area is 198 Å². The van der Waals surface area contributed by atoms with E-state index < -0.39 is 17.8 Å². The number of alkyl halides is 2. The average Bonchev–Trinajstić information content (AvgIpc) is 3.07. The van der Waals surface area contributed by atoms with Crippen LogP contribution in [0.25, 0.3) is 6.08 Å². The number of hydrogen-bond donors (Lipinski definition) is 1. The van der Waals surface area contributed by atoms with Gasteiger partial charge in [0.05, 0.1) is 18.6 Å². The molecule has 2 aromatic carbocycles. The molecule has 0 atom stereocenters. The number of nitrogens with zero attached hydrogens (tertiary/aromatic N) is 1. The molecule has 2 aromatic rings. The summed E-state index contributed by atoms with van der Waals surface area (Å²) < 4.78 is 39.5. The van der Waals surface area contributed by atoms with Gasteiger partial charge in [-0.15, -0.1) is 0 Å². The van der Waals surface area contributed by atoms with Gasteiger partial charge >= 0.3 is 6.61 Å². The van der Waals surface area contributed by atoms with E-state index in [1.54, 1.807) is 25.3 Å². The summed E-state index contributed by atoms with van der Waals surface area (Å²) in [6.45, 7) is -2.56. The Morgan fingerprint density at radius 3 is 2.65 bits per heavy atom. The maximum Gasteiger partial charge on any atom is 0.387 e. The molecule has 8 nitrogen and oxygen atoms in total. The maximum absolute atomic E-state index is 12.7. The fourth-order valence-electron chi connectivity index (χ4n) is 3.16. The van der Waals surface area contributed by atoms with Crippen molar-refractivity contribution in [1.29, 1.82) is 0 Å². The number of ether oxygens (including phenoxy) is 3. The topological polar surface area (TPSA) is 94.2 Å². The Morgan fingerprint density at radius 2 is 1.94 bits per heavy atom. The lowest BCUT2D eigenvalue weighted by Crippen LogP contribution is -2.37. The first kappa shape index (κ1) is 25.2. The van der Waals surface area contributed by atoms with Gasteiger partial charge in [-0.3, -0.25) is 19.3 Å². The highest BCUT2D eigenvalue weighted by Crippen LogP contribution is 2.34. The highest BCUT2D eigenvalue weighted by Gasteiger charge is 2.34. The third kappa shape index (κ3) is 6.33. The second-order valence-corrected chi connectivity index (χ2v) is 8.00. The summed E-state index contributed by atoms with van der Waals surface area (Å²) in [6, 6.07) is 11.1. The summed E-state index contributed by atoms with van der Waals surface area (Å²) >= 11 is 0.747. The summed E-state index contributed by atoms with van der Waals surface area (Å²) in [5.74, 6) is -0.936. The zero-order valence-corrected chi connectivity index (χ0v) is 19.2. The number of methoxy groups -OCH3 is 2. The number of thioether (sulfide) groups is 1. The third-order valence-electron chi connectivity index (χ3n) is 4.70. The van der Waals surface area contributed by atoms with Crippen LogP contribution in [0.2, 0.25) is 0 Å². The molecule has 1 heterocycles. The molecule has 3 rings (SSSR count). The SMILES string of the molecule is COCc1cccc(C(=O)NCCN2C(=O)S/C(=C\c3ccc(OC(F)F)c(OC)c3)C2=O)c1. The Kier molecular flexibility index (Phi) is 8.61. The average molecular weight is 493 g/mol. The molecular formula is C23H22F2N2O6S. The fraction of sp³-hybridized carbons (Fsp3) is 0.261. The van der Waals surface area contributed by atoms with Gasteiger partial charge in [-0.25, -0.2) is 0 Å². The summed E-state index contributed by atoms with van der Waals surface area (Å²) in [6.07, 6.45) is 1.46. The first-order chi connectivity index (χ1) is 16.3. The van der Waals surface area contributed by atoms with Gasteiger partial charge < -0.3 is 19.5 Å². The highest BCUT2D eigenvalue weighted by atomic mass is 32.2. The van der Waals surface area contributed by atoms with E-state index in [1.165, 1.54) is 31.4 Å². The Balaban J connectivity index is 1.62. The van der Waals surface area contributed by atoms with Crippen molar-refractivity contribution in [2.24, 2.45) is 0 Å². The number of amides is 3. The largest absolute Gasteiger partial charge is 0.493 e. The molecule has 1 N–H and O–H groups in total. The van der Waals surface area contributed by atoms with E-state index in [0.717, 1.165) is 22.2 Å². The lowest BCUT2D eigenvalue weighted by molar-refractivity contribution is -0.122. The van der Waals surface area contributed by atoms with E-state index in [1.807, 2.05) is 6.07 Å². The van der Waals surface area contributed by atoms with Gasteiger partial charge in [-0.1, -0.05) is 18.2 Å². The van der Waals surface area contributed by atoms with Crippen LogP contribution < -0.4 is 14.8 Å². The molecule has 0 spiro atoms. The minimum absolute atomic E-state index is 0.00397. The number of carbonyl (C=O) groups is 3. The molecule has 180 valence electrons. The molecule has 0 bridgehead atoms. The monoisotopic (exact) mass is 492 g/mol. The molecule has 1 saturated heterocycles. The van der Waals surface area contributed by atoms with Crippen LogP contribution in [-0.2, 0) is 16.1 Å². The molecule has 0 aliphatic carbocycles. The predicted molar refractivity (Wildman–Crippen MR) is 122 cm³/mol. The Morgan fingerprint density at radius 1 is 1.15 bits per heavy atom. The number of benzene rings is 2. The van der Waals surface area contributed by atoms with Gasteiger partial charge in [0, 0.05) is 25.8 Å². The van der Waals surface area contributed by atoms with Crippen molar-refractivity contribution < 1.29 is 37.4 Å². The van der Waals surface area contributed by atoms with E-state index in [9.17, 15) is 23.2 Å². The normalized spacial score (nSPS) is 14.7. The van der Waals surface area contributed by atoms with E-state index in [-0.39, 0.29) is 35.4 Å². The number of halogens is 2. The quantitative estimate of drug-likeness (QED) is 0.503. The zero-order chi connectivity index (χ0) is 24.7. The molecule has 1 aliphatic rings. The van der Waals surface area contributed by atoms with Crippen molar-refractivity contribution in [3.63, 3.8) is 0 Å². The van der Waals surface area contributed by atoms with E-state index in [0.29, 0.717) is 17.7 Å². The fourth-order valence-corrected chi connectivity index (χ4v) is 4.03. The molecule has 3 amide bonds. The smallest absolute Gasteiger partial charge is 0.387 e. The van der Waals surface area contributed by atoms with Crippen molar-refractivity contribution in [3.05, 3.63) is 64.1 Å². The lowest BCUT2D eigenvalue weighted by atomic mass is 10.1. The van der Waals surface area contributed by atoms with Gasteiger partial charge in [-0.05, 0) is 53.2 Å². The molecule has 34 heavy (non-hydrogen) atoms. The molecule has 0 aromatic heterocycles. The summed E-state index contributed by atoms with van der Waals surface area (Å²) in [5.41, 5.74) is 1.75. The minimum atomic E-state index is -3.01. The van der Waals surface area contributed by atoms with Crippen LogP contribution in [0.4, 0.5) is 13.6 Å². The van der Waals surface area contributed by atoms with Crippen molar-refractivity contribution >= 4 is 34.9 Å². The molecule has 0 radical (unpaired) electrons. The second-order valence-electron chi connectivity index (χ2n) is 7.01. The van der Waals surface area contributed by atoms with Crippen LogP contribution >= 0.6 is 11.8 Å². The molecule has 11 heteroatoms. The van der Waals surface area contributed by atoms with Crippen molar-refractivity contribution in [1.82, 2.24) is 10.2 Å². The summed E-state index contributed by atoms with van der Waals surface area (Å²) in [7, 11) is 2.86. The number of nitrogens with one attached hydrogen (secondary N) is 1. The number of imide groups is 1. The Hall–Kier alpha value is -3.44. The van der Waals surface area contributed by atoms with E-state index in [4.69, 9.17) is 9.47 Å². The zero-order valence-electron chi connectivity index (χ0n) is 18.4. The van der Waals surface area contributed by atoms with Crippen LogP contribution in [0.5, 0.6) is 11.5 Å².